The lowest BCUT2D eigenvalue weighted by Crippen LogP contribution is -2.25. The number of thioether (sulfide) groups is 1. The summed E-state index contributed by atoms with van der Waals surface area (Å²) in [5, 5.41) is 13.5. The average Bonchev–Trinajstić information content (AvgIpc) is 3.21. The van der Waals surface area contributed by atoms with Gasteiger partial charge in [0.1, 0.15) is 0 Å². The molecule has 0 saturated heterocycles. The fourth-order valence-electron chi connectivity index (χ4n) is 3.03. The molecule has 1 aromatic heterocycles. The monoisotopic (exact) mass is 502 g/mol. The molecule has 0 fully saturated rings. The van der Waals surface area contributed by atoms with Crippen LogP contribution in [0, 0.1) is 0 Å². The van der Waals surface area contributed by atoms with E-state index in [1.54, 1.807) is 42.5 Å². The molecule has 0 spiro atoms. The van der Waals surface area contributed by atoms with Crippen LogP contribution in [0.5, 0.6) is 0 Å². The van der Waals surface area contributed by atoms with Crippen LogP contribution in [0.15, 0.2) is 78.0 Å². The molecule has 0 aliphatic heterocycles. The number of hydrogen-bond donors (Lipinski definition) is 1. The fourth-order valence-corrected chi connectivity index (χ4v) is 4.54. The van der Waals surface area contributed by atoms with E-state index >= 15 is 0 Å². The zero-order chi connectivity index (χ0) is 22.5. The van der Waals surface area contributed by atoms with Crippen LogP contribution >= 0.6 is 46.6 Å². The number of nitrogens with zero attached hydrogens (tertiary/aromatic N) is 3. The summed E-state index contributed by atoms with van der Waals surface area (Å²) in [4.78, 5) is 12.6. The second-order valence-corrected chi connectivity index (χ2v) is 8.96. The molecule has 0 radical (unpaired) electrons. The van der Waals surface area contributed by atoms with Crippen LogP contribution in [0.1, 0.15) is 21.7 Å². The van der Waals surface area contributed by atoms with Gasteiger partial charge in [-0.05, 0) is 35.9 Å². The van der Waals surface area contributed by atoms with Crippen molar-refractivity contribution in [2.45, 2.75) is 17.5 Å². The number of halogens is 3. The van der Waals surface area contributed by atoms with E-state index in [0.717, 1.165) is 5.56 Å². The lowest BCUT2D eigenvalue weighted by atomic mass is 10.2. The van der Waals surface area contributed by atoms with Crippen molar-refractivity contribution in [3.8, 4) is 5.69 Å². The first-order valence-corrected chi connectivity index (χ1v) is 11.7. The van der Waals surface area contributed by atoms with Gasteiger partial charge in [0, 0.05) is 10.8 Å². The summed E-state index contributed by atoms with van der Waals surface area (Å²) in [7, 11) is 0. The molecule has 1 N–H and O–H groups in total. The number of carbonyl (C=O) groups is 1. The van der Waals surface area contributed by atoms with Crippen molar-refractivity contribution in [1.82, 2.24) is 20.1 Å². The van der Waals surface area contributed by atoms with E-state index in [-0.39, 0.29) is 12.5 Å². The van der Waals surface area contributed by atoms with Crippen molar-refractivity contribution >= 4 is 52.5 Å². The third-order valence-electron chi connectivity index (χ3n) is 4.59. The molecule has 3 aromatic carbocycles. The number of rotatable bonds is 7. The van der Waals surface area contributed by atoms with Crippen molar-refractivity contribution in [2.75, 3.05) is 0 Å². The van der Waals surface area contributed by atoms with Crippen molar-refractivity contribution < 1.29 is 4.79 Å². The number of benzene rings is 3. The molecule has 0 aliphatic carbocycles. The van der Waals surface area contributed by atoms with E-state index in [9.17, 15) is 4.79 Å². The van der Waals surface area contributed by atoms with E-state index < -0.39 is 0 Å². The number of aromatic nitrogens is 3. The standard InChI is InChI=1S/C23H17Cl3N4OS/c24-16-10-11-19(26)20(12-16)30-21(13-27-22(31)17-8-4-5-9-18(17)25)28-29-23(30)32-14-15-6-2-1-3-7-15/h1-12H,13-14H2,(H,27,31). The summed E-state index contributed by atoms with van der Waals surface area (Å²) in [5.74, 6) is 0.911. The topological polar surface area (TPSA) is 59.8 Å². The maximum atomic E-state index is 12.6. The zero-order valence-electron chi connectivity index (χ0n) is 16.6. The van der Waals surface area contributed by atoms with Gasteiger partial charge in [0.15, 0.2) is 11.0 Å². The lowest BCUT2D eigenvalue weighted by Gasteiger charge is -2.13. The highest BCUT2D eigenvalue weighted by molar-refractivity contribution is 7.98. The van der Waals surface area contributed by atoms with E-state index in [2.05, 4.69) is 15.5 Å². The molecule has 9 heteroatoms. The lowest BCUT2D eigenvalue weighted by molar-refractivity contribution is 0.0950. The molecule has 0 saturated carbocycles. The second kappa shape index (κ2) is 10.4. The Labute approximate surface area is 204 Å². The smallest absolute Gasteiger partial charge is 0.253 e. The molecule has 32 heavy (non-hydrogen) atoms. The maximum absolute atomic E-state index is 12.6. The van der Waals surface area contributed by atoms with Gasteiger partial charge in [0.2, 0.25) is 0 Å². The van der Waals surface area contributed by atoms with Gasteiger partial charge in [-0.2, -0.15) is 0 Å². The van der Waals surface area contributed by atoms with E-state index in [0.29, 0.717) is 43.1 Å². The van der Waals surface area contributed by atoms with E-state index in [4.69, 9.17) is 34.8 Å². The second-order valence-electron chi connectivity index (χ2n) is 6.77. The average molecular weight is 504 g/mol. The molecular formula is C23H17Cl3N4OS. The number of carbonyl (C=O) groups excluding carboxylic acids is 1. The van der Waals surface area contributed by atoms with Crippen LogP contribution in [0.4, 0.5) is 0 Å². The third kappa shape index (κ3) is 5.27. The first kappa shape index (κ1) is 22.7. The molecular weight excluding hydrogens is 487 g/mol. The molecule has 1 amide bonds. The van der Waals surface area contributed by atoms with Gasteiger partial charge >= 0.3 is 0 Å². The largest absolute Gasteiger partial charge is 0.345 e. The molecule has 0 bridgehead atoms. The first-order valence-electron chi connectivity index (χ1n) is 9.62. The molecule has 0 atom stereocenters. The summed E-state index contributed by atoms with van der Waals surface area (Å²) >= 11 is 20.4. The number of amides is 1. The van der Waals surface area contributed by atoms with Crippen LogP contribution < -0.4 is 5.32 Å². The summed E-state index contributed by atoms with van der Waals surface area (Å²) in [5.41, 5.74) is 2.18. The normalized spacial score (nSPS) is 10.8. The predicted molar refractivity (Wildman–Crippen MR) is 130 cm³/mol. The Morgan fingerprint density at radius 3 is 2.44 bits per heavy atom. The van der Waals surface area contributed by atoms with Crippen LogP contribution in [-0.4, -0.2) is 20.7 Å². The van der Waals surface area contributed by atoms with Gasteiger partial charge in [0.05, 0.1) is 27.8 Å². The Hall–Kier alpha value is -2.51. The van der Waals surface area contributed by atoms with Crippen LogP contribution in [0.3, 0.4) is 0 Å². The quantitative estimate of drug-likeness (QED) is 0.294. The molecule has 4 aromatic rings. The van der Waals surface area contributed by atoms with Gasteiger partial charge in [-0.3, -0.25) is 9.36 Å². The number of hydrogen-bond acceptors (Lipinski definition) is 4. The zero-order valence-corrected chi connectivity index (χ0v) is 19.7. The highest BCUT2D eigenvalue weighted by atomic mass is 35.5. The molecule has 5 nitrogen and oxygen atoms in total. The highest BCUT2D eigenvalue weighted by Crippen LogP contribution is 2.31. The summed E-state index contributed by atoms with van der Waals surface area (Å²) in [6, 6.07) is 22.1. The maximum Gasteiger partial charge on any atom is 0.253 e. The Morgan fingerprint density at radius 1 is 0.906 bits per heavy atom. The van der Waals surface area contributed by atoms with Gasteiger partial charge < -0.3 is 5.32 Å². The Morgan fingerprint density at radius 2 is 1.66 bits per heavy atom. The van der Waals surface area contributed by atoms with Crippen molar-refractivity contribution in [3.63, 3.8) is 0 Å². The molecule has 1 heterocycles. The van der Waals surface area contributed by atoms with Gasteiger partial charge in [-0.25, -0.2) is 0 Å². The number of nitrogens with one attached hydrogen (secondary N) is 1. The minimum Gasteiger partial charge on any atom is -0.345 e. The van der Waals surface area contributed by atoms with E-state index in [1.165, 1.54) is 11.8 Å². The molecule has 0 aliphatic rings. The van der Waals surface area contributed by atoms with Crippen LogP contribution in [0.2, 0.25) is 15.1 Å². The van der Waals surface area contributed by atoms with Crippen molar-refractivity contribution in [2.24, 2.45) is 0 Å². The Kier molecular flexibility index (Phi) is 7.37. The SMILES string of the molecule is O=C(NCc1nnc(SCc2ccccc2)n1-c1cc(Cl)ccc1Cl)c1ccccc1Cl. The molecule has 4 rings (SSSR count). The third-order valence-corrected chi connectivity index (χ3v) is 6.47. The van der Waals surface area contributed by atoms with Gasteiger partial charge in [-0.1, -0.05) is 89.0 Å². The summed E-state index contributed by atoms with van der Waals surface area (Å²) < 4.78 is 1.81. The Bertz CT molecular complexity index is 1250. The summed E-state index contributed by atoms with van der Waals surface area (Å²) in [6.07, 6.45) is 0. The van der Waals surface area contributed by atoms with Crippen molar-refractivity contribution in [1.29, 1.82) is 0 Å². The molecule has 0 unspecified atom stereocenters. The minimum atomic E-state index is -0.305. The van der Waals surface area contributed by atoms with Crippen LogP contribution in [-0.2, 0) is 12.3 Å². The summed E-state index contributed by atoms with van der Waals surface area (Å²) in [6.45, 7) is 0.131. The fraction of sp³-hybridized carbons (Fsp3) is 0.0870. The van der Waals surface area contributed by atoms with Gasteiger partial charge in [-0.15, -0.1) is 10.2 Å². The highest BCUT2D eigenvalue weighted by Gasteiger charge is 2.19. The van der Waals surface area contributed by atoms with Gasteiger partial charge in [0.25, 0.3) is 5.91 Å². The molecule has 162 valence electrons. The predicted octanol–water partition coefficient (Wildman–Crippen LogP) is 6.45. The van der Waals surface area contributed by atoms with Crippen LogP contribution in [0.25, 0.3) is 5.69 Å². The van der Waals surface area contributed by atoms with Crippen molar-refractivity contribution in [3.05, 3.63) is 105 Å². The minimum absolute atomic E-state index is 0.131. The first-order chi connectivity index (χ1) is 15.5. The van der Waals surface area contributed by atoms with E-state index in [1.807, 2.05) is 34.9 Å². The Balaban J connectivity index is 1.63.